The van der Waals surface area contributed by atoms with Crippen molar-refractivity contribution in [2.75, 3.05) is 20.8 Å². The molecule has 0 aromatic heterocycles. The Kier molecular flexibility index (Phi) is 4.84. The highest BCUT2D eigenvalue weighted by Gasteiger charge is 2.25. The van der Waals surface area contributed by atoms with Crippen LogP contribution in [0.3, 0.4) is 0 Å². The highest BCUT2D eigenvalue weighted by Crippen LogP contribution is 2.37. The fourth-order valence-corrected chi connectivity index (χ4v) is 3.21. The summed E-state index contributed by atoms with van der Waals surface area (Å²) < 4.78 is 10.8. The molecule has 2 N–H and O–H groups in total. The SMILES string of the molecule is COc1cc2c(cc1OC)[C@H](C[C@@H](O)c1ccccc1)NCC2. The highest BCUT2D eigenvalue weighted by molar-refractivity contribution is 5.49. The Labute approximate surface area is 137 Å². The first-order valence-corrected chi connectivity index (χ1v) is 7.94. The van der Waals surface area contributed by atoms with Gasteiger partial charge in [0.25, 0.3) is 0 Å². The molecule has 1 aliphatic heterocycles. The van der Waals surface area contributed by atoms with Crippen molar-refractivity contribution in [3.05, 3.63) is 59.2 Å². The molecule has 122 valence electrons. The highest BCUT2D eigenvalue weighted by atomic mass is 16.5. The Morgan fingerprint density at radius 2 is 1.83 bits per heavy atom. The lowest BCUT2D eigenvalue weighted by Gasteiger charge is -2.29. The van der Waals surface area contributed by atoms with Gasteiger partial charge in [-0.1, -0.05) is 30.3 Å². The first kappa shape index (κ1) is 15.8. The van der Waals surface area contributed by atoms with Crippen LogP contribution in [0.2, 0.25) is 0 Å². The van der Waals surface area contributed by atoms with Crippen LogP contribution in [0.25, 0.3) is 0 Å². The Morgan fingerprint density at radius 1 is 1.13 bits per heavy atom. The molecule has 2 aromatic carbocycles. The number of ether oxygens (including phenoxy) is 2. The first-order chi connectivity index (χ1) is 11.2. The number of aliphatic hydroxyl groups excluding tert-OH is 1. The lowest BCUT2D eigenvalue weighted by Crippen LogP contribution is -2.31. The third-order valence-corrected chi connectivity index (χ3v) is 4.45. The van der Waals surface area contributed by atoms with Crippen molar-refractivity contribution in [1.82, 2.24) is 5.32 Å². The van der Waals surface area contributed by atoms with Crippen LogP contribution >= 0.6 is 0 Å². The molecule has 1 aliphatic rings. The number of benzene rings is 2. The first-order valence-electron chi connectivity index (χ1n) is 7.94. The van der Waals surface area contributed by atoms with Crippen molar-refractivity contribution in [2.24, 2.45) is 0 Å². The van der Waals surface area contributed by atoms with E-state index in [1.165, 1.54) is 11.1 Å². The fourth-order valence-electron chi connectivity index (χ4n) is 3.21. The topological polar surface area (TPSA) is 50.7 Å². The normalized spacial score (nSPS) is 18.1. The molecule has 2 aromatic rings. The molecule has 1 heterocycles. The molecular weight excluding hydrogens is 290 g/mol. The molecule has 0 aliphatic carbocycles. The van der Waals surface area contributed by atoms with Crippen LogP contribution in [0.1, 0.15) is 35.3 Å². The molecule has 0 saturated heterocycles. The lowest BCUT2D eigenvalue weighted by atomic mass is 9.89. The van der Waals surface area contributed by atoms with Gasteiger partial charge in [0, 0.05) is 6.04 Å². The van der Waals surface area contributed by atoms with Crippen LogP contribution < -0.4 is 14.8 Å². The molecule has 23 heavy (non-hydrogen) atoms. The summed E-state index contributed by atoms with van der Waals surface area (Å²) in [5.41, 5.74) is 3.39. The van der Waals surface area contributed by atoms with Gasteiger partial charge in [-0.25, -0.2) is 0 Å². The fraction of sp³-hybridized carbons (Fsp3) is 0.368. The summed E-state index contributed by atoms with van der Waals surface area (Å²) in [4.78, 5) is 0. The van der Waals surface area contributed by atoms with E-state index in [1.54, 1.807) is 14.2 Å². The average molecular weight is 313 g/mol. The van der Waals surface area contributed by atoms with Crippen LogP contribution in [0.15, 0.2) is 42.5 Å². The Hall–Kier alpha value is -2.04. The zero-order chi connectivity index (χ0) is 16.2. The van der Waals surface area contributed by atoms with E-state index in [-0.39, 0.29) is 6.04 Å². The summed E-state index contributed by atoms with van der Waals surface area (Å²) in [7, 11) is 3.30. The maximum atomic E-state index is 10.5. The summed E-state index contributed by atoms with van der Waals surface area (Å²) in [6.45, 7) is 0.897. The predicted molar refractivity (Wildman–Crippen MR) is 90.0 cm³/mol. The van der Waals surface area contributed by atoms with Crippen molar-refractivity contribution in [3.8, 4) is 11.5 Å². The number of hydrogen-bond donors (Lipinski definition) is 2. The summed E-state index contributed by atoms with van der Waals surface area (Å²) in [6, 6.07) is 14.0. The summed E-state index contributed by atoms with van der Waals surface area (Å²) in [5.74, 6) is 1.49. The van der Waals surface area contributed by atoms with E-state index in [0.29, 0.717) is 6.42 Å². The Bertz CT molecular complexity index is 657. The van der Waals surface area contributed by atoms with E-state index in [9.17, 15) is 5.11 Å². The van der Waals surface area contributed by atoms with E-state index >= 15 is 0 Å². The van der Waals surface area contributed by atoms with E-state index < -0.39 is 6.10 Å². The van der Waals surface area contributed by atoms with Crippen LogP contribution in [-0.4, -0.2) is 25.9 Å². The molecular formula is C19H23NO3. The molecule has 0 bridgehead atoms. The second-order valence-corrected chi connectivity index (χ2v) is 5.82. The second-order valence-electron chi connectivity index (χ2n) is 5.82. The van der Waals surface area contributed by atoms with Gasteiger partial charge in [0.2, 0.25) is 0 Å². The maximum absolute atomic E-state index is 10.5. The quantitative estimate of drug-likeness (QED) is 0.891. The van der Waals surface area contributed by atoms with Gasteiger partial charge in [-0.2, -0.15) is 0 Å². The average Bonchev–Trinajstić information content (AvgIpc) is 2.61. The van der Waals surface area contributed by atoms with Crippen LogP contribution in [0.5, 0.6) is 11.5 Å². The maximum Gasteiger partial charge on any atom is 0.161 e. The van der Waals surface area contributed by atoms with Crippen LogP contribution in [0.4, 0.5) is 0 Å². The van der Waals surface area contributed by atoms with Crippen LogP contribution in [-0.2, 0) is 6.42 Å². The number of nitrogens with one attached hydrogen (secondary N) is 1. The molecule has 0 spiro atoms. The van der Waals surface area contributed by atoms with Gasteiger partial charge in [-0.05, 0) is 48.2 Å². The van der Waals surface area contributed by atoms with Gasteiger partial charge in [-0.3, -0.25) is 0 Å². The third kappa shape index (κ3) is 3.33. The third-order valence-electron chi connectivity index (χ3n) is 4.45. The van der Waals surface area contributed by atoms with Crippen molar-refractivity contribution < 1.29 is 14.6 Å². The number of aliphatic hydroxyl groups is 1. The van der Waals surface area contributed by atoms with Gasteiger partial charge in [0.05, 0.1) is 20.3 Å². The Morgan fingerprint density at radius 3 is 2.52 bits per heavy atom. The lowest BCUT2D eigenvalue weighted by molar-refractivity contribution is 0.150. The zero-order valence-corrected chi connectivity index (χ0v) is 13.6. The van der Waals surface area contributed by atoms with Crippen molar-refractivity contribution in [2.45, 2.75) is 25.0 Å². The number of hydrogen-bond acceptors (Lipinski definition) is 4. The zero-order valence-electron chi connectivity index (χ0n) is 13.6. The second kappa shape index (κ2) is 7.02. The molecule has 3 rings (SSSR count). The van der Waals surface area contributed by atoms with E-state index in [1.807, 2.05) is 36.4 Å². The molecule has 0 unspecified atom stereocenters. The van der Waals surface area contributed by atoms with Crippen molar-refractivity contribution >= 4 is 0 Å². The largest absolute Gasteiger partial charge is 0.493 e. The number of methoxy groups -OCH3 is 2. The minimum Gasteiger partial charge on any atom is -0.493 e. The summed E-state index contributed by atoms with van der Waals surface area (Å²) >= 11 is 0. The monoisotopic (exact) mass is 313 g/mol. The molecule has 2 atom stereocenters. The van der Waals surface area contributed by atoms with Gasteiger partial charge < -0.3 is 19.9 Å². The van der Waals surface area contributed by atoms with Crippen LogP contribution in [0, 0.1) is 0 Å². The molecule has 0 fully saturated rings. The Balaban J connectivity index is 1.86. The minimum absolute atomic E-state index is 0.105. The molecule has 4 heteroatoms. The molecule has 0 radical (unpaired) electrons. The van der Waals surface area contributed by atoms with E-state index in [4.69, 9.17) is 9.47 Å². The van der Waals surface area contributed by atoms with E-state index in [0.717, 1.165) is 30.0 Å². The smallest absolute Gasteiger partial charge is 0.161 e. The van der Waals surface area contributed by atoms with Gasteiger partial charge in [-0.15, -0.1) is 0 Å². The number of rotatable bonds is 5. The van der Waals surface area contributed by atoms with E-state index in [2.05, 4.69) is 11.4 Å². The summed E-state index contributed by atoms with van der Waals surface area (Å²) in [6.07, 6.45) is 1.09. The minimum atomic E-state index is -0.493. The van der Waals surface area contributed by atoms with Crippen molar-refractivity contribution in [3.63, 3.8) is 0 Å². The number of fused-ring (bicyclic) bond motifs is 1. The predicted octanol–water partition coefficient (Wildman–Crippen LogP) is 3.01. The van der Waals surface area contributed by atoms with Gasteiger partial charge in [0.1, 0.15) is 0 Å². The molecule has 4 nitrogen and oxygen atoms in total. The molecule has 0 saturated carbocycles. The molecule has 0 amide bonds. The summed E-state index contributed by atoms with van der Waals surface area (Å²) in [5, 5.41) is 14.0. The van der Waals surface area contributed by atoms with Gasteiger partial charge in [0.15, 0.2) is 11.5 Å². The standard InChI is InChI=1S/C19H23NO3/c1-22-18-10-14-8-9-20-16(15(14)11-19(18)23-2)12-17(21)13-6-4-3-5-7-13/h3-7,10-11,16-17,20-21H,8-9,12H2,1-2H3/t16-,17+/m0/s1. The van der Waals surface area contributed by atoms with Crippen molar-refractivity contribution in [1.29, 1.82) is 0 Å². The van der Waals surface area contributed by atoms with Gasteiger partial charge >= 0.3 is 0 Å².